The molecule has 0 saturated carbocycles. The summed E-state index contributed by atoms with van der Waals surface area (Å²) in [4.78, 5) is 54.7. The van der Waals surface area contributed by atoms with Gasteiger partial charge in [-0.25, -0.2) is 4.98 Å². The molecule has 2 aliphatic heterocycles. The average molecular weight is 507 g/mol. The van der Waals surface area contributed by atoms with Crippen LogP contribution in [0.15, 0.2) is 39.8 Å². The minimum absolute atomic E-state index is 0.0329. The van der Waals surface area contributed by atoms with Crippen molar-refractivity contribution in [1.29, 1.82) is 0 Å². The van der Waals surface area contributed by atoms with Crippen molar-refractivity contribution in [3.8, 4) is 11.4 Å². The van der Waals surface area contributed by atoms with E-state index in [1.807, 2.05) is 38.8 Å². The SMILES string of the molecule is O=C(CN1CCN(C(=O)c2ccc3[nH]c(-c4nc5cscc5[nH]c4=O)cc3c2)CC1)N1CCOCC1. The lowest BCUT2D eigenvalue weighted by Crippen LogP contribution is -2.52. The molecule has 2 N–H and O–H groups in total. The Morgan fingerprint density at radius 2 is 1.75 bits per heavy atom. The van der Waals surface area contributed by atoms with Gasteiger partial charge in [-0.2, -0.15) is 0 Å². The van der Waals surface area contributed by atoms with Crippen LogP contribution < -0.4 is 5.56 Å². The first-order valence-electron chi connectivity index (χ1n) is 12.0. The molecule has 2 saturated heterocycles. The van der Waals surface area contributed by atoms with Gasteiger partial charge in [0.2, 0.25) is 5.91 Å². The fourth-order valence-electron chi connectivity index (χ4n) is 4.79. The quantitative estimate of drug-likeness (QED) is 0.436. The monoisotopic (exact) mass is 506 g/mol. The number of hydrogen-bond donors (Lipinski definition) is 2. The maximum absolute atomic E-state index is 13.2. The van der Waals surface area contributed by atoms with Crippen molar-refractivity contribution in [3.05, 3.63) is 50.9 Å². The number of hydrogen-bond acceptors (Lipinski definition) is 7. The van der Waals surface area contributed by atoms with E-state index in [4.69, 9.17) is 4.74 Å². The van der Waals surface area contributed by atoms with Gasteiger partial charge in [0.1, 0.15) is 0 Å². The van der Waals surface area contributed by atoms with Gasteiger partial charge < -0.3 is 24.5 Å². The molecule has 5 heterocycles. The molecule has 0 bridgehead atoms. The van der Waals surface area contributed by atoms with Gasteiger partial charge in [-0.05, 0) is 24.3 Å². The molecular formula is C25H26N6O4S. The van der Waals surface area contributed by atoms with E-state index >= 15 is 0 Å². The lowest BCUT2D eigenvalue weighted by Gasteiger charge is -2.36. The highest BCUT2D eigenvalue weighted by Gasteiger charge is 2.26. The first kappa shape index (κ1) is 22.9. The fraction of sp³-hybridized carbons (Fsp3) is 0.360. The fourth-order valence-corrected chi connectivity index (χ4v) is 5.49. The van der Waals surface area contributed by atoms with Crippen molar-refractivity contribution in [1.82, 2.24) is 29.7 Å². The molecule has 4 aromatic rings. The van der Waals surface area contributed by atoms with Gasteiger partial charge in [-0.1, -0.05) is 0 Å². The van der Waals surface area contributed by atoms with Gasteiger partial charge in [0, 0.05) is 66.5 Å². The number of carbonyl (C=O) groups excluding carboxylic acids is 2. The number of aromatic amines is 2. The van der Waals surface area contributed by atoms with Crippen molar-refractivity contribution in [2.75, 3.05) is 59.0 Å². The predicted molar refractivity (Wildman–Crippen MR) is 137 cm³/mol. The third-order valence-corrected chi connectivity index (χ3v) is 7.57. The molecule has 0 atom stereocenters. The molecule has 0 spiro atoms. The number of H-pyrrole nitrogens is 2. The number of amides is 2. The highest BCUT2D eigenvalue weighted by Crippen LogP contribution is 2.24. The summed E-state index contributed by atoms with van der Waals surface area (Å²) in [5.41, 5.74) is 3.59. The third-order valence-electron chi connectivity index (χ3n) is 6.84. The number of nitrogens with zero attached hydrogens (tertiary/aromatic N) is 4. The van der Waals surface area contributed by atoms with E-state index in [0.29, 0.717) is 76.0 Å². The smallest absolute Gasteiger partial charge is 0.276 e. The Labute approximate surface area is 210 Å². The lowest BCUT2D eigenvalue weighted by atomic mass is 10.1. The zero-order valence-corrected chi connectivity index (χ0v) is 20.5. The summed E-state index contributed by atoms with van der Waals surface area (Å²) in [6.07, 6.45) is 0. The highest BCUT2D eigenvalue weighted by atomic mass is 32.1. The molecule has 1 aromatic carbocycles. The molecular weight excluding hydrogens is 480 g/mol. The van der Waals surface area contributed by atoms with E-state index in [-0.39, 0.29) is 17.4 Å². The number of carbonyl (C=O) groups is 2. The number of thiophene rings is 1. The van der Waals surface area contributed by atoms with Gasteiger partial charge in [-0.15, -0.1) is 11.3 Å². The van der Waals surface area contributed by atoms with E-state index in [0.717, 1.165) is 21.9 Å². The Bertz CT molecular complexity index is 1490. The Kier molecular flexibility index (Phi) is 6.04. The lowest BCUT2D eigenvalue weighted by molar-refractivity contribution is -0.136. The zero-order valence-electron chi connectivity index (χ0n) is 19.7. The third kappa shape index (κ3) is 4.41. The summed E-state index contributed by atoms with van der Waals surface area (Å²) in [5.74, 6) is 0.0905. The Balaban J connectivity index is 1.13. The largest absolute Gasteiger partial charge is 0.378 e. The number of morpholine rings is 1. The molecule has 3 aromatic heterocycles. The van der Waals surface area contributed by atoms with E-state index in [9.17, 15) is 14.4 Å². The second kappa shape index (κ2) is 9.49. The van der Waals surface area contributed by atoms with Crippen LogP contribution in [0.2, 0.25) is 0 Å². The number of nitrogens with one attached hydrogen (secondary N) is 2. The molecule has 186 valence electrons. The van der Waals surface area contributed by atoms with Gasteiger partial charge in [0.05, 0.1) is 36.5 Å². The predicted octanol–water partition coefficient (Wildman–Crippen LogP) is 1.75. The number of rotatable bonds is 4. The van der Waals surface area contributed by atoms with Gasteiger partial charge in [-0.3, -0.25) is 19.3 Å². The maximum Gasteiger partial charge on any atom is 0.276 e. The van der Waals surface area contributed by atoms with Crippen LogP contribution in [0.5, 0.6) is 0 Å². The van der Waals surface area contributed by atoms with Crippen LogP contribution in [0.4, 0.5) is 0 Å². The molecule has 10 nitrogen and oxygen atoms in total. The van der Waals surface area contributed by atoms with E-state index in [1.165, 1.54) is 11.3 Å². The summed E-state index contributed by atoms with van der Waals surface area (Å²) >= 11 is 1.49. The first-order chi connectivity index (χ1) is 17.5. The second-order valence-electron chi connectivity index (χ2n) is 9.13. The average Bonchev–Trinajstić information content (AvgIpc) is 3.54. The molecule has 2 amide bonds. The van der Waals surface area contributed by atoms with Crippen LogP contribution in [-0.4, -0.2) is 100 Å². The van der Waals surface area contributed by atoms with Gasteiger partial charge in [0.25, 0.3) is 11.5 Å². The minimum Gasteiger partial charge on any atom is -0.378 e. The molecule has 2 fully saturated rings. The van der Waals surface area contributed by atoms with Crippen LogP contribution in [0.25, 0.3) is 33.3 Å². The maximum atomic E-state index is 13.2. The molecule has 36 heavy (non-hydrogen) atoms. The molecule has 0 unspecified atom stereocenters. The number of benzene rings is 1. The number of fused-ring (bicyclic) bond motifs is 2. The summed E-state index contributed by atoms with van der Waals surface area (Å²) in [5, 5.41) is 4.60. The highest BCUT2D eigenvalue weighted by molar-refractivity contribution is 7.09. The van der Waals surface area contributed by atoms with Gasteiger partial charge in [0.15, 0.2) is 5.69 Å². The molecule has 0 radical (unpaired) electrons. The summed E-state index contributed by atoms with van der Waals surface area (Å²) < 4.78 is 5.32. The zero-order chi connectivity index (χ0) is 24.6. The molecule has 11 heteroatoms. The first-order valence-corrected chi connectivity index (χ1v) is 13.0. The van der Waals surface area contributed by atoms with Crippen LogP contribution in [-0.2, 0) is 9.53 Å². The van der Waals surface area contributed by atoms with Crippen LogP contribution in [0, 0.1) is 0 Å². The Morgan fingerprint density at radius 3 is 2.56 bits per heavy atom. The second-order valence-corrected chi connectivity index (χ2v) is 9.88. The van der Waals surface area contributed by atoms with Crippen molar-refractivity contribution < 1.29 is 14.3 Å². The Hall–Kier alpha value is -3.54. The van der Waals surface area contributed by atoms with Crippen LogP contribution in [0.1, 0.15) is 10.4 Å². The molecule has 2 aliphatic rings. The van der Waals surface area contributed by atoms with Crippen molar-refractivity contribution in [2.24, 2.45) is 0 Å². The summed E-state index contributed by atoms with van der Waals surface area (Å²) in [6.45, 7) is 5.34. The normalized spacial score (nSPS) is 17.2. The summed E-state index contributed by atoms with van der Waals surface area (Å²) in [7, 11) is 0. The topological polar surface area (TPSA) is 115 Å². The standard InChI is InChI=1S/C25H26N6O4S/c32-22(30-7-9-35-10-8-30)13-29-3-5-31(6-4-29)25(34)16-1-2-18-17(11-16)12-19(26-18)23-24(33)28-21-15-36-14-20(21)27-23/h1-2,11-12,14-15,26H,3-10,13H2,(H,28,33). The number of ether oxygens (including phenoxy) is 1. The molecule has 0 aliphatic carbocycles. The van der Waals surface area contributed by atoms with E-state index in [2.05, 4.69) is 19.9 Å². The minimum atomic E-state index is -0.256. The van der Waals surface area contributed by atoms with Crippen LogP contribution >= 0.6 is 11.3 Å². The van der Waals surface area contributed by atoms with Crippen molar-refractivity contribution in [2.45, 2.75) is 0 Å². The van der Waals surface area contributed by atoms with Gasteiger partial charge >= 0.3 is 0 Å². The number of piperazine rings is 1. The number of aromatic nitrogens is 3. The Morgan fingerprint density at radius 1 is 0.944 bits per heavy atom. The van der Waals surface area contributed by atoms with Crippen molar-refractivity contribution in [3.63, 3.8) is 0 Å². The summed E-state index contributed by atoms with van der Waals surface area (Å²) in [6, 6.07) is 7.38. The molecule has 6 rings (SSSR count). The van der Waals surface area contributed by atoms with E-state index < -0.39 is 0 Å². The van der Waals surface area contributed by atoms with Crippen LogP contribution in [0.3, 0.4) is 0 Å². The van der Waals surface area contributed by atoms with E-state index in [1.54, 1.807) is 6.07 Å². The van der Waals surface area contributed by atoms with Crippen molar-refractivity contribution >= 4 is 45.1 Å².